The van der Waals surface area contributed by atoms with Crippen LogP contribution in [-0.4, -0.2) is 32.9 Å². The summed E-state index contributed by atoms with van der Waals surface area (Å²) in [6.45, 7) is 2.10. The summed E-state index contributed by atoms with van der Waals surface area (Å²) in [4.78, 5) is 28.2. The monoisotopic (exact) mass is 307 g/mol. The fourth-order valence-electron chi connectivity index (χ4n) is 1.86. The zero-order valence-corrected chi connectivity index (χ0v) is 12.3. The number of nitro groups is 1. The first-order valence-electron chi connectivity index (χ1n) is 6.02. The molecular weight excluding hydrogens is 294 g/mol. The minimum absolute atomic E-state index is 0.144. The Balaban J connectivity index is 2.26. The summed E-state index contributed by atoms with van der Waals surface area (Å²) in [6.07, 6.45) is 0. The molecule has 2 rings (SSSR count). The number of carbonyl (C=O) groups excluding carboxylic acids is 1. The third-order valence-corrected chi connectivity index (χ3v) is 3.64. The summed E-state index contributed by atoms with van der Waals surface area (Å²) < 4.78 is 0. The number of amides is 1. The number of phenols is 1. The Bertz CT molecular complexity index is 698. The van der Waals surface area contributed by atoms with E-state index >= 15 is 0 Å². The molecule has 21 heavy (non-hydrogen) atoms. The van der Waals surface area contributed by atoms with E-state index in [4.69, 9.17) is 0 Å². The Morgan fingerprint density at radius 1 is 1.52 bits per heavy atom. The highest BCUT2D eigenvalue weighted by atomic mass is 32.1. The van der Waals surface area contributed by atoms with Crippen molar-refractivity contribution in [1.29, 1.82) is 0 Å². The zero-order valence-electron chi connectivity index (χ0n) is 11.4. The van der Waals surface area contributed by atoms with Gasteiger partial charge in [0.1, 0.15) is 11.3 Å². The van der Waals surface area contributed by atoms with Crippen LogP contribution in [0.15, 0.2) is 23.6 Å². The van der Waals surface area contributed by atoms with Crippen molar-refractivity contribution in [2.24, 2.45) is 0 Å². The van der Waals surface area contributed by atoms with Crippen LogP contribution in [0.5, 0.6) is 5.75 Å². The van der Waals surface area contributed by atoms with Gasteiger partial charge in [-0.25, -0.2) is 4.98 Å². The van der Waals surface area contributed by atoms with E-state index in [0.29, 0.717) is 0 Å². The number of aryl methyl sites for hydroxylation is 1. The van der Waals surface area contributed by atoms with Gasteiger partial charge in [-0.15, -0.1) is 11.3 Å². The molecule has 110 valence electrons. The number of carbonyl (C=O) groups is 1. The normalized spacial score (nSPS) is 10.4. The molecule has 0 spiro atoms. The van der Waals surface area contributed by atoms with Crippen molar-refractivity contribution in [3.63, 3.8) is 0 Å². The molecule has 1 N–H and O–H groups in total. The maximum absolute atomic E-state index is 12.3. The second-order valence-electron chi connectivity index (χ2n) is 4.48. The first-order valence-corrected chi connectivity index (χ1v) is 6.90. The number of phenolic OH excluding ortho intramolecular Hbond substituents is 1. The van der Waals surface area contributed by atoms with Crippen LogP contribution in [0.3, 0.4) is 0 Å². The van der Waals surface area contributed by atoms with E-state index in [1.165, 1.54) is 29.4 Å². The smallest absolute Gasteiger partial charge is 0.282 e. The molecule has 1 aromatic carbocycles. The molecule has 0 radical (unpaired) electrons. The summed E-state index contributed by atoms with van der Waals surface area (Å²) >= 11 is 1.47. The molecule has 0 fully saturated rings. The third kappa shape index (κ3) is 3.34. The first kappa shape index (κ1) is 14.9. The van der Waals surface area contributed by atoms with Crippen LogP contribution in [0.2, 0.25) is 0 Å². The van der Waals surface area contributed by atoms with Gasteiger partial charge in [0.15, 0.2) is 0 Å². The predicted octanol–water partition coefficient (Wildman–Crippen LogP) is 2.34. The minimum atomic E-state index is -0.645. The molecule has 0 aliphatic heterocycles. The topological polar surface area (TPSA) is 96.6 Å². The molecule has 1 heterocycles. The average molecular weight is 307 g/mol. The van der Waals surface area contributed by atoms with Crippen LogP contribution < -0.4 is 0 Å². The van der Waals surface area contributed by atoms with Gasteiger partial charge < -0.3 is 10.0 Å². The zero-order chi connectivity index (χ0) is 15.6. The van der Waals surface area contributed by atoms with Crippen molar-refractivity contribution in [3.8, 4) is 5.75 Å². The maximum atomic E-state index is 12.3. The highest BCUT2D eigenvalue weighted by Gasteiger charge is 2.23. The number of rotatable bonds is 4. The van der Waals surface area contributed by atoms with Gasteiger partial charge in [-0.3, -0.25) is 14.9 Å². The Kier molecular flexibility index (Phi) is 4.18. The van der Waals surface area contributed by atoms with Gasteiger partial charge in [0.2, 0.25) is 0 Å². The molecule has 0 atom stereocenters. The Morgan fingerprint density at radius 2 is 2.24 bits per heavy atom. The van der Waals surface area contributed by atoms with Gasteiger partial charge >= 0.3 is 0 Å². The number of nitrogens with zero attached hydrogens (tertiary/aromatic N) is 3. The lowest BCUT2D eigenvalue weighted by atomic mass is 10.1. The van der Waals surface area contributed by atoms with Crippen LogP contribution in [0, 0.1) is 17.0 Å². The van der Waals surface area contributed by atoms with E-state index in [0.717, 1.165) is 22.8 Å². The standard InChI is InChI=1S/C13H13N3O4S/c1-8-14-9(7-21-8)6-15(2)13(18)11-5-10(17)3-4-12(11)16(19)20/h3-5,7,17H,6H2,1-2H3. The van der Waals surface area contributed by atoms with E-state index < -0.39 is 10.8 Å². The molecule has 0 aliphatic carbocycles. The summed E-state index contributed by atoms with van der Waals surface area (Å²) in [5, 5.41) is 23.1. The lowest BCUT2D eigenvalue weighted by Gasteiger charge is -2.16. The number of benzene rings is 1. The second-order valence-corrected chi connectivity index (χ2v) is 5.54. The van der Waals surface area contributed by atoms with Crippen LogP contribution in [0.1, 0.15) is 21.1 Å². The number of nitro benzene ring substituents is 1. The van der Waals surface area contributed by atoms with E-state index in [9.17, 15) is 20.0 Å². The fourth-order valence-corrected chi connectivity index (χ4v) is 2.46. The fraction of sp³-hybridized carbons (Fsp3) is 0.231. The first-order chi connectivity index (χ1) is 9.88. The Labute approximate surface area is 124 Å². The molecule has 1 aromatic heterocycles. The number of hydrogen-bond donors (Lipinski definition) is 1. The van der Waals surface area contributed by atoms with Gasteiger partial charge in [0.25, 0.3) is 11.6 Å². The quantitative estimate of drug-likeness (QED) is 0.690. The van der Waals surface area contributed by atoms with Gasteiger partial charge in [0.05, 0.1) is 22.2 Å². The number of thiazole rings is 1. The van der Waals surface area contributed by atoms with Crippen LogP contribution in [0.25, 0.3) is 0 Å². The van der Waals surface area contributed by atoms with Crippen molar-refractivity contribution in [2.45, 2.75) is 13.5 Å². The summed E-state index contributed by atoms with van der Waals surface area (Å²) in [5.74, 6) is -0.731. The van der Waals surface area contributed by atoms with E-state index in [1.54, 1.807) is 0 Å². The summed E-state index contributed by atoms with van der Waals surface area (Å²) in [6, 6.07) is 3.39. The molecule has 0 bridgehead atoms. The maximum Gasteiger partial charge on any atom is 0.282 e. The van der Waals surface area contributed by atoms with Crippen LogP contribution in [-0.2, 0) is 6.54 Å². The minimum Gasteiger partial charge on any atom is -0.508 e. The summed E-state index contributed by atoms with van der Waals surface area (Å²) in [7, 11) is 1.53. The molecule has 1 amide bonds. The lowest BCUT2D eigenvalue weighted by Crippen LogP contribution is -2.27. The Morgan fingerprint density at radius 3 is 2.81 bits per heavy atom. The number of aromatic nitrogens is 1. The molecule has 0 saturated heterocycles. The van der Waals surface area contributed by atoms with Crippen molar-refractivity contribution in [2.75, 3.05) is 7.05 Å². The Hall–Kier alpha value is -2.48. The van der Waals surface area contributed by atoms with E-state index in [-0.39, 0.29) is 23.5 Å². The summed E-state index contributed by atoms with van der Waals surface area (Å²) in [5.41, 5.74) is 0.240. The number of hydrogen-bond acceptors (Lipinski definition) is 6. The van der Waals surface area contributed by atoms with Crippen LogP contribution >= 0.6 is 11.3 Å². The van der Waals surface area contributed by atoms with Crippen LogP contribution in [0.4, 0.5) is 5.69 Å². The second kappa shape index (κ2) is 5.88. The van der Waals surface area contributed by atoms with Gasteiger partial charge in [-0.2, -0.15) is 0 Å². The largest absolute Gasteiger partial charge is 0.508 e. The van der Waals surface area contributed by atoms with E-state index in [2.05, 4.69) is 4.98 Å². The van der Waals surface area contributed by atoms with Gasteiger partial charge in [0, 0.05) is 18.5 Å². The average Bonchev–Trinajstić information content (AvgIpc) is 2.82. The van der Waals surface area contributed by atoms with Crippen molar-refractivity contribution < 1.29 is 14.8 Å². The van der Waals surface area contributed by atoms with Gasteiger partial charge in [-0.1, -0.05) is 0 Å². The molecular formula is C13H13N3O4S. The SMILES string of the molecule is Cc1nc(CN(C)C(=O)c2cc(O)ccc2[N+](=O)[O-])cs1. The lowest BCUT2D eigenvalue weighted by molar-refractivity contribution is -0.385. The molecule has 0 saturated carbocycles. The molecule has 2 aromatic rings. The molecule has 8 heteroatoms. The molecule has 7 nitrogen and oxygen atoms in total. The molecule has 0 aliphatic rings. The highest BCUT2D eigenvalue weighted by molar-refractivity contribution is 7.09. The van der Waals surface area contributed by atoms with Crippen molar-refractivity contribution in [1.82, 2.24) is 9.88 Å². The van der Waals surface area contributed by atoms with Gasteiger partial charge in [-0.05, 0) is 19.1 Å². The van der Waals surface area contributed by atoms with Crippen molar-refractivity contribution >= 4 is 22.9 Å². The highest BCUT2D eigenvalue weighted by Crippen LogP contribution is 2.25. The van der Waals surface area contributed by atoms with E-state index in [1.807, 2.05) is 12.3 Å². The number of aromatic hydroxyl groups is 1. The van der Waals surface area contributed by atoms with Crippen molar-refractivity contribution in [3.05, 3.63) is 50.0 Å². The molecule has 0 unspecified atom stereocenters. The third-order valence-electron chi connectivity index (χ3n) is 2.82. The predicted molar refractivity (Wildman–Crippen MR) is 77.4 cm³/mol.